The Morgan fingerprint density at radius 1 is 1.75 bits per heavy atom. The Morgan fingerprint density at radius 3 is 2.38 bits per heavy atom. The van der Waals surface area contributed by atoms with Gasteiger partial charge in [-0.3, -0.25) is 4.79 Å². The lowest BCUT2D eigenvalue weighted by molar-refractivity contribution is -0.111. The van der Waals surface area contributed by atoms with E-state index in [4.69, 9.17) is 5.73 Å². The van der Waals surface area contributed by atoms with E-state index in [1.54, 1.807) is 0 Å². The van der Waals surface area contributed by atoms with Gasteiger partial charge in [-0.25, -0.2) is 0 Å². The van der Waals surface area contributed by atoms with Crippen LogP contribution in [0.2, 0.25) is 0 Å². The van der Waals surface area contributed by atoms with Gasteiger partial charge in [-0.2, -0.15) is 0 Å². The van der Waals surface area contributed by atoms with Crippen LogP contribution in [0.4, 0.5) is 0 Å². The van der Waals surface area contributed by atoms with Crippen LogP contribution < -0.4 is 5.73 Å². The zero-order valence-corrected chi connectivity index (χ0v) is 5.72. The Hall–Kier alpha value is -0.350. The van der Waals surface area contributed by atoms with Crippen LogP contribution in [0.1, 0.15) is 6.42 Å². The molecule has 0 atom stereocenters. The largest absolute Gasteiger partial charge is 0.393 e. The molecule has 2 nitrogen and oxygen atoms in total. The van der Waals surface area contributed by atoms with Crippen molar-refractivity contribution >= 4 is 40.6 Å². The first-order valence-electron chi connectivity index (χ1n) is 1.93. The maximum Gasteiger partial charge on any atom is 0.173 e. The number of carbonyl (C=O) groups is 1. The van der Waals surface area contributed by atoms with Gasteiger partial charge >= 0.3 is 0 Å². The van der Waals surface area contributed by atoms with Crippen molar-refractivity contribution in [2.75, 3.05) is 0 Å². The SMILES string of the molecule is NC(=S)CC(=O)C=S. The van der Waals surface area contributed by atoms with Gasteiger partial charge in [-0.05, 0) is 0 Å². The van der Waals surface area contributed by atoms with Gasteiger partial charge in [-0.1, -0.05) is 24.4 Å². The summed E-state index contributed by atoms with van der Waals surface area (Å²) in [5.41, 5.74) is 5.01. The van der Waals surface area contributed by atoms with Crippen LogP contribution >= 0.6 is 24.4 Å². The molecular weight excluding hydrogens is 142 g/mol. The third-order valence-corrected chi connectivity index (χ3v) is 0.887. The summed E-state index contributed by atoms with van der Waals surface area (Å²) in [6.07, 6.45) is 0.0961. The summed E-state index contributed by atoms with van der Waals surface area (Å²) >= 11 is 8.73. The molecule has 4 heteroatoms. The number of thiocarbonyl (C=S) groups is 2. The van der Waals surface area contributed by atoms with Gasteiger partial charge in [0.25, 0.3) is 0 Å². The monoisotopic (exact) mass is 147 g/mol. The molecule has 2 N–H and O–H groups in total. The van der Waals surface area contributed by atoms with E-state index in [1.165, 1.54) is 0 Å². The third-order valence-electron chi connectivity index (χ3n) is 0.480. The van der Waals surface area contributed by atoms with Crippen molar-refractivity contribution in [2.24, 2.45) is 5.73 Å². The van der Waals surface area contributed by atoms with E-state index in [0.29, 0.717) is 0 Å². The highest BCUT2D eigenvalue weighted by atomic mass is 32.1. The zero-order chi connectivity index (χ0) is 6.57. The van der Waals surface area contributed by atoms with Crippen molar-refractivity contribution in [3.63, 3.8) is 0 Å². The minimum Gasteiger partial charge on any atom is -0.393 e. The van der Waals surface area contributed by atoms with Crippen molar-refractivity contribution in [1.82, 2.24) is 0 Å². The maximum absolute atomic E-state index is 10.3. The average molecular weight is 147 g/mol. The number of hydrogen-bond donors (Lipinski definition) is 1. The predicted molar refractivity (Wildman–Crippen MR) is 40.1 cm³/mol. The summed E-state index contributed by atoms with van der Waals surface area (Å²) in [4.78, 5) is 10.5. The van der Waals surface area contributed by atoms with Crippen LogP contribution in [-0.2, 0) is 4.79 Å². The fraction of sp³-hybridized carbons (Fsp3) is 0.250. The first kappa shape index (κ1) is 7.65. The summed E-state index contributed by atoms with van der Waals surface area (Å²) in [6.45, 7) is 0. The van der Waals surface area contributed by atoms with Crippen molar-refractivity contribution < 1.29 is 4.79 Å². The Kier molecular flexibility index (Phi) is 3.47. The number of carbonyl (C=O) groups excluding carboxylic acids is 1. The van der Waals surface area contributed by atoms with Crippen LogP contribution in [0.3, 0.4) is 0 Å². The van der Waals surface area contributed by atoms with Gasteiger partial charge in [0.15, 0.2) is 5.78 Å². The van der Waals surface area contributed by atoms with E-state index in [0.717, 1.165) is 5.37 Å². The molecule has 0 aromatic rings. The molecule has 0 saturated carbocycles. The Bertz CT molecular complexity index is 132. The number of nitrogens with two attached hydrogens (primary N) is 1. The molecule has 0 aromatic carbocycles. The summed E-state index contributed by atoms with van der Waals surface area (Å²) in [5.74, 6) is -0.201. The molecule has 8 heavy (non-hydrogen) atoms. The van der Waals surface area contributed by atoms with Crippen LogP contribution in [0, 0.1) is 0 Å². The molecule has 0 unspecified atom stereocenters. The van der Waals surface area contributed by atoms with Crippen LogP contribution in [0.25, 0.3) is 0 Å². The first-order valence-corrected chi connectivity index (χ1v) is 2.81. The molecule has 0 fully saturated rings. The lowest BCUT2D eigenvalue weighted by Gasteiger charge is -1.86. The molecule has 0 amide bonds. The highest BCUT2D eigenvalue weighted by Crippen LogP contribution is 1.79. The Morgan fingerprint density at radius 2 is 2.25 bits per heavy atom. The molecule has 0 spiro atoms. The summed E-state index contributed by atoms with van der Waals surface area (Å²) in [7, 11) is 0. The fourth-order valence-corrected chi connectivity index (χ4v) is 0.439. The standard InChI is InChI=1S/C4H5NOS2/c5-4(8)1-3(6)2-7/h2H,1H2,(H2,5,8). The number of ketones is 1. The van der Waals surface area contributed by atoms with Crippen LogP contribution in [0.5, 0.6) is 0 Å². The zero-order valence-electron chi connectivity index (χ0n) is 4.09. The van der Waals surface area contributed by atoms with Gasteiger partial charge in [0.05, 0.1) is 11.4 Å². The van der Waals surface area contributed by atoms with Gasteiger partial charge in [0.2, 0.25) is 0 Å². The highest BCUT2D eigenvalue weighted by molar-refractivity contribution is 7.81. The minimum absolute atomic E-state index is 0.0961. The second kappa shape index (κ2) is 3.63. The van der Waals surface area contributed by atoms with Gasteiger partial charge < -0.3 is 5.73 Å². The predicted octanol–water partition coefficient (Wildman–Crippen LogP) is 0.231. The first-order chi connectivity index (χ1) is 3.66. The van der Waals surface area contributed by atoms with E-state index in [2.05, 4.69) is 24.4 Å². The Balaban J connectivity index is 3.55. The summed E-state index contributed by atoms with van der Waals surface area (Å²) in [6, 6.07) is 0. The molecular formula is C4H5NOS2. The van der Waals surface area contributed by atoms with E-state index in [-0.39, 0.29) is 17.2 Å². The quantitative estimate of drug-likeness (QED) is 0.580. The van der Waals surface area contributed by atoms with E-state index >= 15 is 0 Å². The minimum atomic E-state index is -0.201. The molecule has 0 radical (unpaired) electrons. The van der Waals surface area contributed by atoms with E-state index in [9.17, 15) is 4.79 Å². The summed E-state index contributed by atoms with van der Waals surface area (Å²) in [5, 5.41) is 1.04. The third kappa shape index (κ3) is 3.83. The van der Waals surface area contributed by atoms with Crippen LogP contribution in [0.15, 0.2) is 0 Å². The van der Waals surface area contributed by atoms with Crippen LogP contribution in [-0.4, -0.2) is 16.1 Å². The molecule has 0 aliphatic heterocycles. The summed E-state index contributed by atoms with van der Waals surface area (Å²) < 4.78 is 0. The van der Waals surface area contributed by atoms with Crippen molar-refractivity contribution in [2.45, 2.75) is 6.42 Å². The second-order valence-electron chi connectivity index (χ2n) is 1.23. The number of Topliss-reactive ketones (excluding diaryl/α,β-unsaturated/α-hetero) is 1. The molecule has 0 aliphatic rings. The van der Waals surface area contributed by atoms with Crippen molar-refractivity contribution in [1.29, 1.82) is 0 Å². The normalized spacial score (nSPS) is 8.00. The smallest absolute Gasteiger partial charge is 0.173 e. The molecule has 0 heterocycles. The maximum atomic E-state index is 10.3. The average Bonchev–Trinajstić information content (AvgIpc) is 1.65. The van der Waals surface area contributed by atoms with Gasteiger partial charge in [0.1, 0.15) is 0 Å². The molecule has 0 saturated heterocycles. The van der Waals surface area contributed by atoms with E-state index in [1.807, 2.05) is 0 Å². The van der Waals surface area contributed by atoms with Gasteiger partial charge in [0, 0.05) is 5.37 Å². The molecule has 44 valence electrons. The second-order valence-corrected chi connectivity index (χ2v) is 1.99. The van der Waals surface area contributed by atoms with Crippen molar-refractivity contribution in [3.8, 4) is 0 Å². The molecule has 0 aromatic heterocycles. The van der Waals surface area contributed by atoms with Gasteiger partial charge in [-0.15, -0.1) is 0 Å². The fourth-order valence-electron chi connectivity index (χ4n) is 0.213. The number of rotatable bonds is 3. The molecule has 0 bridgehead atoms. The lowest BCUT2D eigenvalue weighted by atomic mass is 10.3. The molecule has 0 aliphatic carbocycles. The van der Waals surface area contributed by atoms with Crippen molar-refractivity contribution in [3.05, 3.63) is 0 Å². The number of hydrogen-bond acceptors (Lipinski definition) is 3. The topological polar surface area (TPSA) is 43.1 Å². The highest BCUT2D eigenvalue weighted by Gasteiger charge is 1.95. The molecule has 0 rings (SSSR count). The lowest BCUT2D eigenvalue weighted by Crippen LogP contribution is -2.13. The Labute approximate surface area is 58.1 Å². The van der Waals surface area contributed by atoms with E-state index < -0.39 is 0 Å².